The molecular formula is C16H18N4. The Morgan fingerprint density at radius 1 is 1.15 bits per heavy atom. The van der Waals surface area contributed by atoms with Gasteiger partial charge >= 0.3 is 0 Å². The summed E-state index contributed by atoms with van der Waals surface area (Å²) in [7, 11) is 0. The molecular weight excluding hydrogens is 248 g/mol. The van der Waals surface area contributed by atoms with Crippen LogP contribution in [0.5, 0.6) is 0 Å². The fourth-order valence-corrected chi connectivity index (χ4v) is 3.02. The minimum Gasteiger partial charge on any atom is -0.357 e. The van der Waals surface area contributed by atoms with Crippen LogP contribution in [-0.2, 0) is 0 Å². The Labute approximate surface area is 117 Å². The number of pyridine rings is 2. The van der Waals surface area contributed by atoms with Crippen LogP contribution in [0.2, 0.25) is 0 Å². The standard InChI is InChI=1S/C16H18N4/c1-11-5-8-20(9-6-11)15-3-2-12-13-10-17-7-4-14(13)18-16(12)19-15/h2-4,7,10-11H,5-6,8-9H2,1H3,(H,18,19). The molecule has 0 bridgehead atoms. The highest BCUT2D eigenvalue weighted by atomic mass is 15.2. The van der Waals surface area contributed by atoms with E-state index in [4.69, 9.17) is 4.98 Å². The first-order valence-corrected chi connectivity index (χ1v) is 7.28. The highest BCUT2D eigenvalue weighted by molar-refractivity contribution is 6.05. The molecule has 3 aromatic heterocycles. The van der Waals surface area contributed by atoms with Crippen molar-refractivity contribution in [2.24, 2.45) is 5.92 Å². The lowest BCUT2D eigenvalue weighted by molar-refractivity contribution is 0.437. The van der Waals surface area contributed by atoms with Gasteiger partial charge in [-0.2, -0.15) is 0 Å². The molecule has 1 fully saturated rings. The summed E-state index contributed by atoms with van der Waals surface area (Å²) in [6, 6.07) is 6.30. The zero-order chi connectivity index (χ0) is 13.5. The first kappa shape index (κ1) is 11.7. The molecule has 20 heavy (non-hydrogen) atoms. The van der Waals surface area contributed by atoms with Crippen LogP contribution < -0.4 is 4.90 Å². The predicted molar refractivity (Wildman–Crippen MR) is 82.0 cm³/mol. The van der Waals surface area contributed by atoms with Crippen molar-refractivity contribution in [3.63, 3.8) is 0 Å². The van der Waals surface area contributed by atoms with Gasteiger partial charge in [0.15, 0.2) is 0 Å². The van der Waals surface area contributed by atoms with E-state index in [9.17, 15) is 0 Å². The van der Waals surface area contributed by atoms with Crippen molar-refractivity contribution in [3.05, 3.63) is 30.6 Å². The molecule has 102 valence electrons. The second-order valence-corrected chi connectivity index (χ2v) is 5.78. The van der Waals surface area contributed by atoms with Crippen molar-refractivity contribution in [1.29, 1.82) is 0 Å². The van der Waals surface area contributed by atoms with E-state index in [0.717, 1.165) is 46.8 Å². The Morgan fingerprint density at radius 3 is 2.85 bits per heavy atom. The fourth-order valence-electron chi connectivity index (χ4n) is 3.02. The van der Waals surface area contributed by atoms with Gasteiger partial charge < -0.3 is 9.88 Å². The Balaban J connectivity index is 1.77. The number of rotatable bonds is 1. The average molecular weight is 266 g/mol. The Hall–Kier alpha value is -2.10. The molecule has 4 rings (SSSR count). The van der Waals surface area contributed by atoms with Crippen LogP contribution in [-0.4, -0.2) is 28.0 Å². The van der Waals surface area contributed by atoms with Crippen molar-refractivity contribution in [3.8, 4) is 0 Å². The summed E-state index contributed by atoms with van der Waals surface area (Å²) < 4.78 is 0. The molecule has 4 nitrogen and oxygen atoms in total. The highest BCUT2D eigenvalue weighted by Crippen LogP contribution is 2.27. The average Bonchev–Trinajstić information content (AvgIpc) is 2.85. The number of aromatic amines is 1. The number of aromatic nitrogens is 3. The van der Waals surface area contributed by atoms with Gasteiger partial charge in [0.25, 0.3) is 0 Å². The minimum absolute atomic E-state index is 0.842. The normalized spacial score (nSPS) is 17.1. The van der Waals surface area contributed by atoms with E-state index in [-0.39, 0.29) is 0 Å². The van der Waals surface area contributed by atoms with Gasteiger partial charge in [-0.3, -0.25) is 4.98 Å². The molecule has 1 saturated heterocycles. The van der Waals surface area contributed by atoms with Crippen LogP contribution in [0.25, 0.3) is 21.9 Å². The molecule has 0 atom stereocenters. The first-order chi connectivity index (χ1) is 9.81. The Morgan fingerprint density at radius 2 is 2.00 bits per heavy atom. The zero-order valence-electron chi connectivity index (χ0n) is 11.6. The third kappa shape index (κ3) is 1.83. The molecule has 0 amide bonds. The van der Waals surface area contributed by atoms with Crippen molar-refractivity contribution in [2.45, 2.75) is 19.8 Å². The first-order valence-electron chi connectivity index (χ1n) is 7.28. The van der Waals surface area contributed by atoms with Gasteiger partial charge in [0.2, 0.25) is 0 Å². The predicted octanol–water partition coefficient (Wildman–Crippen LogP) is 3.35. The van der Waals surface area contributed by atoms with E-state index in [0.29, 0.717) is 0 Å². The Bertz CT molecular complexity index is 753. The van der Waals surface area contributed by atoms with Crippen LogP contribution in [0.1, 0.15) is 19.8 Å². The summed E-state index contributed by atoms with van der Waals surface area (Å²) in [6.45, 7) is 4.56. The second kappa shape index (κ2) is 4.47. The maximum atomic E-state index is 4.80. The van der Waals surface area contributed by atoms with Gasteiger partial charge in [-0.15, -0.1) is 0 Å². The van der Waals surface area contributed by atoms with Crippen LogP contribution >= 0.6 is 0 Å². The highest BCUT2D eigenvalue weighted by Gasteiger charge is 2.17. The van der Waals surface area contributed by atoms with Crippen LogP contribution in [0.3, 0.4) is 0 Å². The summed E-state index contributed by atoms with van der Waals surface area (Å²) in [5.74, 6) is 1.93. The van der Waals surface area contributed by atoms with Crippen molar-refractivity contribution in [2.75, 3.05) is 18.0 Å². The topological polar surface area (TPSA) is 44.8 Å². The molecule has 0 aromatic carbocycles. The number of nitrogens with zero attached hydrogens (tertiary/aromatic N) is 3. The second-order valence-electron chi connectivity index (χ2n) is 5.78. The van der Waals surface area contributed by atoms with Gasteiger partial charge in [0.1, 0.15) is 11.5 Å². The number of hydrogen-bond donors (Lipinski definition) is 1. The molecule has 1 aliphatic rings. The van der Waals surface area contributed by atoms with Gasteiger partial charge in [0.05, 0.1) is 5.52 Å². The monoisotopic (exact) mass is 266 g/mol. The van der Waals surface area contributed by atoms with Gasteiger partial charge in [-0.25, -0.2) is 4.98 Å². The number of hydrogen-bond acceptors (Lipinski definition) is 3. The summed E-state index contributed by atoms with van der Waals surface area (Å²) in [5, 5.41) is 2.30. The van der Waals surface area contributed by atoms with E-state index in [1.807, 2.05) is 18.5 Å². The quantitative estimate of drug-likeness (QED) is 0.734. The van der Waals surface area contributed by atoms with Gasteiger partial charge in [-0.05, 0) is 37.0 Å². The van der Waals surface area contributed by atoms with Gasteiger partial charge in [-0.1, -0.05) is 6.92 Å². The summed E-state index contributed by atoms with van der Waals surface area (Å²) in [6.07, 6.45) is 6.23. The lowest BCUT2D eigenvalue weighted by Crippen LogP contribution is -2.33. The summed E-state index contributed by atoms with van der Waals surface area (Å²) in [5.41, 5.74) is 2.07. The molecule has 0 aliphatic carbocycles. The molecule has 3 aromatic rings. The molecule has 1 aliphatic heterocycles. The third-order valence-electron chi connectivity index (χ3n) is 4.35. The number of fused-ring (bicyclic) bond motifs is 3. The van der Waals surface area contributed by atoms with E-state index < -0.39 is 0 Å². The minimum atomic E-state index is 0.842. The largest absolute Gasteiger partial charge is 0.357 e. The SMILES string of the molecule is CC1CCN(c2ccc3c(n2)[nH]c2ccncc23)CC1. The van der Waals surface area contributed by atoms with Crippen LogP contribution in [0, 0.1) is 5.92 Å². The Kier molecular flexibility index (Phi) is 2.62. The molecule has 1 N–H and O–H groups in total. The number of H-pyrrole nitrogens is 1. The molecule has 4 heteroatoms. The maximum Gasteiger partial charge on any atom is 0.140 e. The fraction of sp³-hybridized carbons (Fsp3) is 0.375. The molecule has 0 radical (unpaired) electrons. The lowest BCUT2D eigenvalue weighted by Gasteiger charge is -2.31. The third-order valence-corrected chi connectivity index (χ3v) is 4.35. The van der Waals surface area contributed by atoms with Crippen molar-refractivity contribution < 1.29 is 0 Å². The summed E-state index contributed by atoms with van der Waals surface area (Å²) in [4.78, 5) is 14.8. The van der Waals surface area contributed by atoms with Crippen LogP contribution in [0.15, 0.2) is 30.6 Å². The molecule has 0 saturated carbocycles. The lowest BCUT2D eigenvalue weighted by atomic mass is 9.99. The molecule has 0 spiro atoms. The number of nitrogens with one attached hydrogen (secondary N) is 1. The van der Waals surface area contributed by atoms with E-state index in [1.54, 1.807) is 0 Å². The maximum absolute atomic E-state index is 4.80. The van der Waals surface area contributed by atoms with E-state index in [1.165, 1.54) is 12.8 Å². The van der Waals surface area contributed by atoms with Crippen molar-refractivity contribution in [1.82, 2.24) is 15.0 Å². The van der Waals surface area contributed by atoms with Crippen LogP contribution in [0.4, 0.5) is 5.82 Å². The molecule has 4 heterocycles. The number of anilines is 1. The summed E-state index contributed by atoms with van der Waals surface area (Å²) >= 11 is 0. The van der Waals surface area contributed by atoms with E-state index in [2.05, 4.69) is 33.9 Å². The van der Waals surface area contributed by atoms with Crippen molar-refractivity contribution >= 4 is 27.8 Å². The zero-order valence-corrected chi connectivity index (χ0v) is 11.6. The van der Waals surface area contributed by atoms with E-state index >= 15 is 0 Å². The number of piperidine rings is 1. The van der Waals surface area contributed by atoms with Gasteiger partial charge in [0, 0.05) is 36.3 Å². The molecule has 0 unspecified atom stereocenters. The smallest absolute Gasteiger partial charge is 0.140 e.